The van der Waals surface area contributed by atoms with E-state index in [9.17, 15) is 14.0 Å². The molecule has 0 atom stereocenters. The highest BCUT2D eigenvalue weighted by molar-refractivity contribution is 5.98. The molecule has 0 aliphatic carbocycles. The van der Waals surface area contributed by atoms with Crippen LogP contribution in [0.4, 0.5) is 4.39 Å². The first-order valence-electron chi connectivity index (χ1n) is 7.67. The van der Waals surface area contributed by atoms with Gasteiger partial charge in [-0.1, -0.05) is 6.92 Å². The lowest BCUT2D eigenvalue weighted by atomic mass is 10.2. The first kappa shape index (κ1) is 16.4. The number of carbonyl (C=O) groups is 2. The molecule has 3 rings (SSSR count). The third-order valence-corrected chi connectivity index (χ3v) is 3.65. The summed E-state index contributed by atoms with van der Waals surface area (Å²) in [6.07, 6.45) is 3.56. The van der Waals surface area contributed by atoms with Gasteiger partial charge in [-0.25, -0.2) is 9.07 Å². The Morgan fingerprint density at radius 1 is 1.16 bits per heavy atom. The molecule has 8 heteroatoms. The van der Waals surface area contributed by atoms with E-state index in [0.717, 1.165) is 0 Å². The summed E-state index contributed by atoms with van der Waals surface area (Å²) < 4.78 is 14.6. The van der Waals surface area contributed by atoms with Crippen molar-refractivity contribution in [3.05, 3.63) is 71.6 Å². The number of carbonyl (C=O) groups excluding carboxylic acids is 2. The summed E-state index contributed by atoms with van der Waals surface area (Å²) in [7, 11) is 0. The van der Waals surface area contributed by atoms with Crippen molar-refractivity contribution in [2.45, 2.75) is 13.3 Å². The number of aromatic amines is 1. The number of nitrogens with one attached hydrogen (secondary N) is 3. The maximum Gasteiger partial charge on any atom is 0.286 e. The molecule has 0 spiro atoms. The van der Waals surface area contributed by atoms with Gasteiger partial charge in [0.1, 0.15) is 11.5 Å². The van der Waals surface area contributed by atoms with Crippen LogP contribution in [0.1, 0.15) is 33.5 Å². The van der Waals surface area contributed by atoms with E-state index in [4.69, 9.17) is 0 Å². The van der Waals surface area contributed by atoms with E-state index >= 15 is 0 Å². The van der Waals surface area contributed by atoms with Crippen molar-refractivity contribution in [1.82, 2.24) is 25.6 Å². The van der Waals surface area contributed by atoms with Crippen molar-refractivity contribution in [3.8, 4) is 5.69 Å². The molecule has 3 N–H and O–H groups in total. The van der Waals surface area contributed by atoms with Gasteiger partial charge in [-0.2, -0.15) is 5.10 Å². The first-order valence-corrected chi connectivity index (χ1v) is 7.67. The molecule has 2 heterocycles. The van der Waals surface area contributed by atoms with Crippen LogP contribution in [-0.4, -0.2) is 26.6 Å². The molecule has 1 aromatic carbocycles. The van der Waals surface area contributed by atoms with Crippen LogP contribution in [0.15, 0.2) is 48.8 Å². The molecule has 3 aromatic rings. The molecule has 2 amide bonds. The fourth-order valence-corrected chi connectivity index (χ4v) is 2.43. The number of hydrogen-bond acceptors (Lipinski definition) is 3. The maximum atomic E-state index is 13.1. The van der Waals surface area contributed by atoms with Crippen LogP contribution in [0.5, 0.6) is 0 Å². The Bertz CT molecular complexity index is 884. The van der Waals surface area contributed by atoms with Crippen LogP contribution in [0.25, 0.3) is 5.69 Å². The molecule has 0 aliphatic heterocycles. The number of nitrogens with zero attached hydrogens (tertiary/aromatic N) is 2. The van der Waals surface area contributed by atoms with Crippen LogP contribution >= 0.6 is 0 Å². The van der Waals surface area contributed by atoms with Crippen molar-refractivity contribution < 1.29 is 14.0 Å². The molecule has 2 aromatic heterocycles. The zero-order valence-electron chi connectivity index (χ0n) is 13.4. The Kier molecular flexibility index (Phi) is 4.60. The number of rotatable bonds is 4. The minimum Gasteiger partial charge on any atom is -0.357 e. The quantitative estimate of drug-likeness (QED) is 0.634. The molecule has 0 radical (unpaired) electrons. The molecule has 0 unspecified atom stereocenters. The van der Waals surface area contributed by atoms with Crippen LogP contribution < -0.4 is 10.9 Å². The SMILES string of the molecule is CCc1c(C(=O)NNC(=O)c2ccc[nH]2)cnn1-c1ccc(F)cc1. The highest BCUT2D eigenvalue weighted by Gasteiger charge is 2.18. The van der Waals surface area contributed by atoms with Gasteiger partial charge in [0.2, 0.25) is 0 Å². The van der Waals surface area contributed by atoms with E-state index in [1.807, 2.05) is 6.92 Å². The van der Waals surface area contributed by atoms with Crippen molar-refractivity contribution in [2.75, 3.05) is 0 Å². The monoisotopic (exact) mass is 341 g/mol. The van der Waals surface area contributed by atoms with Gasteiger partial charge in [0, 0.05) is 6.20 Å². The van der Waals surface area contributed by atoms with Crippen molar-refractivity contribution >= 4 is 11.8 Å². The Balaban J connectivity index is 1.77. The maximum absolute atomic E-state index is 13.1. The number of amides is 2. The van der Waals surface area contributed by atoms with Crippen LogP contribution in [-0.2, 0) is 6.42 Å². The normalized spacial score (nSPS) is 10.5. The van der Waals surface area contributed by atoms with Crippen LogP contribution in [0.2, 0.25) is 0 Å². The molecular formula is C17H16FN5O2. The third kappa shape index (κ3) is 3.42. The van der Waals surface area contributed by atoms with Crippen LogP contribution in [0.3, 0.4) is 0 Å². The van der Waals surface area contributed by atoms with E-state index in [1.165, 1.54) is 18.3 Å². The molecule has 0 bridgehead atoms. The number of hydrazine groups is 1. The molecule has 25 heavy (non-hydrogen) atoms. The van der Waals surface area contributed by atoms with Gasteiger partial charge in [-0.3, -0.25) is 20.4 Å². The number of aromatic nitrogens is 3. The molecule has 0 fully saturated rings. The average Bonchev–Trinajstić information content (AvgIpc) is 3.29. The Morgan fingerprint density at radius 2 is 1.88 bits per heavy atom. The van der Waals surface area contributed by atoms with Gasteiger partial charge in [0.25, 0.3) is 11.8 Å². The standard InChI is InChI=1S/C17H16FN5O2/c1-2-15-13(10-20-23(15)12-7-5-11(18)6-8-12)16(24)21-22-17(25)14-4-3-9-19-14/h3-10,19H,2H2,1H3,(H,21,24)(H,22,25). The molecular weight excluding hydrogens is 325 g/mol. The van der Waals surface area contributed by atoms with Crippen molar-refractivity contribution in [2.24, 2.45) is 0 Å². The summed E-state index contributed by atoms with van der Waals surface area (Å²) in [6, 6.07) is 9.08. The molecule has 7 nitrogen and oxygen atoms in total. The van der Waals surface area contributed by atoms with E-state index in [1.54, 1.807) is 35.1 Å². The number of halogens is 1. The van der Waals surface area contributed by atoms with Gasteiger partial charge in [0.05, 0.1) is 23.1 Å². The molecule has 0 aliphatic rings. The lowest BCUT2D eigenvalue weighted by Gasteiger charge is -2.09. The van der Waals surface area contributed by atoms with E-state index in [0.29, 0.717) is 29.1 Å². The third-order valence-electron chi connectivity index (χ3n) is 3.65. The minimum atomic E-state index is -0.481. The summed E-state index contributed by atoms with van der Waals surface area (Å²) in [5, 5.41) is 4.20. The summed E-state index contributed by atoms with van der Waals surface area (Å²) in [4.78, 5) is 26.9. The Morgan fingerprint density at radius 3 is 2.52 bits per heavy atom. The second-order valence-electron chi connectivity index (χ2n) is 5.24. The largest absolute Gasteiger partial charge is 0.357 e. The minimum absolute atomic E-state index is 0.332. The highest BCUT2D eigenvalue weighted by Crippen LogP contribution is 2.16. The number of H-pyrrole nitrogens is 1. The first-order chi connectivity index (χ1) is 12.1. The van der Waals surface area contributed by atoms with E-state index in [-0.39, 0.29) is 5.82 Å². The molecule has 128 valence electrons. The van der Waals surface area contributed by atoms with Gasteiger partial charge >= 0.3 is 0 Å². The zero-order valence-corrected chi connectivity index (χ0v) is 13.4. The second kappa shape index (κ2) is 7.00. The van der Waals surface area contributed by atoms with Crippen molar-refractivity contribution in [1.29, 1.82) is 0 Å². The van der Waals surface area contributed by atoms with Crippen molar-refractivity contribution in [3.63, 3.8) is 0 Å². The van der Waals surface area contributed by atoms with E-state index < -0.39 is 11.8 Å². The smallest absolute Gasteiger partial charge is 0.286 e. The lowest BCUT2D eigenvalue weighted by molar-refractivity contribution is 0.0843. The van der Waals surface area contributed by atoms with E-state index in [2.05, 4.69) is 20.9 Å². The zero-order chi connectivity index (χ0) is 17.8. The predicted octanol–water partition coefficient (Wildman–Crippen LogP) is 1.98. The summed E-state index contributed by atoms with van der Waals surface area (Å²) in [6.45, 7) is 1.88. The van der Waals surface area contributed by atoms with Gasteiger partial charge < -0.3 is 4.98 Å². The van der Waals surface area contributed by atoms with Gasteiger partial charge in [-0.05, 0) is 42.8 Å². The Labute approximate surface area is 142 Å². The fourth-order valence-electron chi connectivity index (χ4n) is 2.43. The predicted molar refractivity (Wildman–Crippen MR) is 88.6 cm³/mol. The Hall–Kier alpha value is -3.42. The number of benzene rings is 1. The van der Waals surface area contributed by atoms with Gasteiger partial charge in [-0.15, -0.1) is 0 Å². The molecule has 0 saturated carbocycles. The van der Waals surface area contributed by atoms with Crippen LogP contribution in [0, 0.1) is 5.82 Å². The molecule has 0 saturated heterocycles. The number of hydrogen-bond donors (Lipinski definition) is 3. The van der Waals surface area contributed by atoms with Gasteiger partial charge in [0.15, 0.2) is 0 Å². The highest BCUT2D eigenvalue weighted by atomic mass is 19.1. The lowest BCUT2D eigenvalue weighted by Crippen LogP contribution is -2.42. The fraction of sp³-hybridized carbons (Fsp3) is 0.118. The topological polar surface area (TPSA) is 91.8 Å². The second-order valence-corrected chi connectivity index (χ2v) is 5.24. The average molecular weight is 341 g/mol. The summed E-state index contributed by atoms with van der Waals surface area (Å²) >= 11 is 0. The summed E-state index contributed by atoms with van der Waals surface area (Å²) in [5.41, 5.74) is 6.66. The summed E-state index contributed by atoms with van der Waals surface area (Å²) in [5.74, 6) is -1.29.